The lowest BCUT2D eigenvalue weighted by molar-refractivity contribution is -0.171. The van der Waals surface area contributed by atoms with Gasteiger partial charge in [0.2, 0.25) is 0 Å². The molecule has 0 spiro atoms. The van der Waals surface area contributed by atoms with Gasteiger partial charge in [0.1, 0.15) is 5.84 Å². The summed E-state index contributed by atoms with van der Waals surface area (Å²) in [5.74, 6) is 3.43. The minimum atomic E-state index is -4.30. The zero-order chi connectivity index (χ0) is 16.5. The highest BCUT2D eigenvalue weighted by molar-refractivity contribution is 5.85. The highest BCUT2D eigenvalue weighted by atomic mass is 19.4. The summed E-state index contributed by atoms with van der Waals surface area (Å²) < 4.78 is 38.0. The highest BCUT2D eigenvalue weighted by Crippen LogP contribution is 2.29. The molecule has 0 heterocycles. The topological polar surface area (TPSA) is 88.5 Å². The summed E-state index contributed by atoms with van der Waals surface area (Å²) in [6.07, 6.45) is 0.282. The number of rotatable bonds is 9. The Morgan fingerprint density at radius 3 is 2.43 bits per heavy atom. The second-order valence-electron chi connectivity index (χ2n) is 4.46. The third-order valence-electron chi connectivity index (χ3n) is 2.85. The van der Waals surface area contributed by atoms with Crippen LogP contribution in [0.2, 0.25) is 0 Å². The van der Waals surface area contributed by atoms with E-state index < -0.39 is 18.1 Å². The van der Waals surface area contributed by atoms with Gasteiger partial charge in [0.25, 0.3) is 0 Å². The number of hydrazone groups is 1. The third kappa shape index (κ3) is 7.52. The van der Waals surface area contributed by atoms with E-state index in [1.807, 2.05) is 5.53 Å². The lowest BCUT2D eigenvalue weighted by atomic mass is 10.00. The van der Waals surface area contributed by atoms with Crippen LogP contribution < -0.4 is 22.4 Å². The molecule has 2 atom stereocenters. The van der Waals surface area contributed by atoms with Crippen LogP contribution in [-0.4, -0.2) is 24.6 Å². The van der Waals surface area contributed by atoms with Crippen molar-refractivity contribution in [2.45, 2.75) is 25.6 Å². The average Bonchev–Trinajstić information content (AvgIpc) is 2.40. The van der Waals surface area contributed by atoms with Crippen molar-refractivity contribution in [3.63, 3.8) is 0 Å². The van der Waals surface area contributed by atoms with E-state index in [2.05, 4.69) is 23.6 Å². The van der Waals surface area contributed by atoms with Crippen molar-refractivity contribution < 1.29 is 13.2 Å². The molecular weight excluding hydrogens is 283 g/mol. The number of nitrogens with two attached hydrogens (primary N) is 2. The molecule has 21 heavy (non-hydrogen) atoms. The second-order valence-corrected chi connectivity index (χ2v) is 4.46. The van der Waals surface area contributed by atoms with Crippen LogP contribution in [0.1, 0.15) is 13.3 Å². The summed E-state index contributed by atoms with van der Waals surface area (Å²) in [7, 11) is 0. The van der Waals surface area contributed by atoms with Gasteiger partial charge in [-0.2, -0.15) is 18.3 Å². The smallest absolute Gasteiger partial charge is 0.384 e. The Morgan fingerprint density at radius 1 is 1.38 bits per heavy atom. The first-order chi connectivity index (χ1) is 9.76. The van der Waals surface area contributed by atoms with Gasteiger partial charge in [-0.25, -0.2) is 11.4 Å². The van der Waals surface area contributed by atoms with Crippen LogP contribution in [0.4, 0.5) is 13.2 Å². The molecule has 0 aliphatic rings. The van der Waals surface area contributed by atoms with Gasteiger partial charge in [-0.15, -0.1) is 0 Å². The normalized spacial score (nSPS) is 16.2. The molecule has 0 aromatic heterocycles. The minimum absolute atomic E-state index is 0.0457. The van der Waals surface area contributed by atoms with E-state index in [9.17, 15) is 13.2 Å². The maximum atomic E-state index is 12.7. The first kappa shape index (κ1) is 19.2. The molecule has 8 heteroatoms. The first-order valence-electron chi connectivity index (χ1n) is 6.29. The molecule has 120 valence electrons. The largest absolute Gasteiger partial charge is 0.391 e. The maximum Gasteiger partial charge on any atom is 0.391 e. The molecule has 0 aliphatic carbocycles. The van der Waals surface area contributed by atoms with E-state index in [4.69, 9.17) is 11.6 Å². The molecule has 0 bridgehead atoms. The fraction of sp³-hybridized carbons (Fsp3) is 0.462. The summed E-state index contributed by atoms with van der Waals surface area (Å²) in [6, 6.07) is -0.772. The number of hydrogen-bond acceptors (Lipinski definition) is 4. The van der Waals surface area contributed by atoms with Crippen LogP contribution in [-0.2, 0) is 0 Å². The summed E-state index contributed by atoms with van der Waals surface area (Å²) >= 11 is 0. The number of amidine groups is 1. The lowest BCUT2D eigenvalue weighted by Gasteiger charge is -2.23. The Morgan fingerprint density at radius 2 is 2.00 bits per heavy atom. The predicted molar refractivity (Wildman–Crippen MR) is 79.0 cm³/mol. The van der Waals surface area contributed by atoms with E-state index in [-0.39, 0.29) is 18.8 Å². The Kier molecular flexibility index (Phi) is 8.41. The summed E-state index contributed by atoms with van der Waals surface area (Å²) in [4.78, 5) is 0. The number of alkyl halides is 3. The molecule has 0 saturated heterocycles. The Hall–Kier alpha value is -1.80. The number of nitrogens with one attached hydrogen (secondary N) is 2. The number of allylic oxidation sites excluding steroid dienone is 2. The van der Waals surface area contributed by atoms with Gasteiger partial charge in [-0.05, 0) is 12.0 Å². The zero-order valence-corrected chi connectivity index (χ0v) is 12.0. The van der Waals surface area contributed by atoms with Gasteiger partial charge in [0.15, 0.2) is 0 Å². The molecule has 0 rings (SSSR count). The van der Waals surface area contributed by atoms with Crippen molar-refractivity contribution in [2.75, 3.05) is 6.54 Å². The van der Waals surface area contributed by atoms with E-state index in [1.165, 1.54) is 0 Å². The van der Waals surface area contributed by atoms with Crippen molar-refractivity contribution in [3.8, 4) is 0 Å². The quantitative estimate of drug-likeness (QED) is 0.171. The van der Waals surface area contributed by atoms with Gasteiger partial charge in [0, 0.05) is 6.54 Å². The van der Waals surface area contributed by atoms with E-state index >= 15 is 0 Å². The van der Waals surface area contributed by atoms with Crippen molar-refractivity contribution in [2.24, 2.45) is 22.6 Å². The standard InChI is InChI=1S/C13H22F3N5/c1-4-6-10(5-2)8-19-11(12(17)20-21-18)7-9(3)13(14,15)16/h4-6,9,11,19,21H,1-2,7-8,18H2,3H3,(H2,17,20)/b10-6+. The van der Waals surface area contributed by atoms with Gasteiger partial charge < -0.3 is 11.1 Å². The molecule has 0 fully saturated rings. The lowest BCUT2D eigenvalue weighted by Crippen LogP contribution is -2.46. The summed E-state index contributed by atoms with van der Waals surface area (Å²) in [5.41, 5.74) is 8.38. The molecule has 0 amide bonds. The maximum absolute atomic E-state index is 12.7. The van der Waals surface area contributed by atoms with Gasteiger partial charge in [-0.1, -0.05) is 38.3 Å². The van der Waals surface area contributed by atoms with Crippen LogP contribution in [0.15, 0.2) is 42.1 Å². The van der Waals surface area contributed by atoms with Crippen molar-refractivity contribution in [3.05, 3.63) is 37.0 Å². The molecular formula is C13H22F3N5. The van der Waals surface area contributed by atoms with Gasteiger partial charge >= 0.3 is 6.18 Å². The Labute approximate surface area is 122 Å². The number of nitrogens with zero attached hydrogens (tertiary/aromatic N) is 1. The molecule has 0 aliphatic heterocycles. The Balaban J connectivity index is 4.91. The fourth-order valence-corrected chi connectivity index (χ4v) is 1.54. The molecule has 0 aromatic rings. The van der Waals surface area contributed by atoms with E-state index in [0.717, 1.165) is 12.5 Å². The highest BCUT2D eigenvalue weighted by Gasteiger charge is 2.37. The zero-order valence-electron chi connectivity index (χ0n) is 12.0. The molecule has 0 saturated carbocycles. The average molecular weight is 305 g/mol. The molecule has 5 nitrogen and oxygen atoms in total. The summed E-state index contributed by atoms with van der Waals surface area (Å²) in [5, 5.41) is 6.44. The van der Waals surface area contributed by atoms with Crippen LogP contribution in [0.3, 0.4) is 0 Å². The first-order valence-corrected chi connectivity index (χ1v) is 6.29. The van der Waals surface area contributed by atoms with Crippen LogP contribution in [0.25, 0.3) is 0 Å². The number of halogens is 3. The molecule has 6 N–H and O–H groups in total. The van der Waals surface area contributed by atoms with Crippen molar-refractivity contribution in [1.82, 2.24) is 10.9 Å². The van der Waals surface area contributed by atoms with Crippen molar-refractivity contribution >= 4 is 5.84 Å². The van der Waals surface area contributed by atoms with Gasteiger partial charge in [-0.3, -0.25) is 0 Å². The fourth-order valence-electron chi connectivity index (χ4n) is 1.54. The minimum Gasteiger partial charge on any atom is -0.384 e. The Bertz CT molecular complexity index is 401. The van der Waals surface area contributed by atoms with Crippen LogP contribution in [0, 0.1) is 5.92 Å². The molecule has 0 radical (unpaired) electrons. The van der Waals surface area contributed by atoms with E-state index in [1.54, 1.807) is 18.2 Å². The third-order valence-corrected chi connectivity index (χ3v) is 2.85. The van der Waals surface area contributed by atoms with Gasteiger partial charge in [0.05, 0.1) is 12.0 Å². The number of hydrazine groups is 1. The molecule has 2 unspecified atom stereocenters. The summed E-state index contributed by atoms with van der Waals surface area (Å²) in [6.45, 7) is 8.53. The second kappa shape index (κ2) is 9.19. The number of hydrogen-bond donors (Lipinski definition) is 4. The monoisotopic (exact) mass is 305 g/mol. The SMILES string of the molecule is C=C/C=C(\C=C)CNC(CC(C)C(F)(F)F)/C(N)=N/NN. The van der Waals surface area contributed by atoms with Crippen LogP contribution in [0.5, 0.6) is 0 Å². The predicted octanol–water partition coefficient (Wildman–Crippen LogP) is 1.57. The molecule has 0 aromatic carbocycles. The van der Waals surface area contributed by atoms with Crippen LogP contribution >= 0.6 is 0 Å². The van der Waals surface area contributed by atoms with E-state index in [0.29, 0.717) is 0 Å². The van der Waals surface area contributed by atoms with Crippen molar-refractivity contribution in [1.29, 1.82) is 0 Å².